The molecule has 2 aliphatic rings. The minimum Gasteiger partial charge on any atom is -0.450 e. The van der Waals surface area contributed by atoms with E-state index in [1.54, 1.807) is 22.3 Å². The molecule has 2 saturated heterocycles. The lowest BCUT2D eigenvalue weighted by Crippen LogP contribution is -2.56. The van der Waals surface area contributed by atoms with E-state index >= 15 is 0 Å². The van der Waals surface area contributed by atoms with Crippen LogP contribution >= 0.6 is 11.3 Å². The summed E-state index contributed by atoms with van der Waals surface area (Å²) < 4.78 is 5.08. The lowest BCUT2D eigenvalue weighted by molar-refractivity contribution is -0.128. The zero-order valence-corrected chi connectivity index (χ0v) is 16.1. The molecule has 1 aromatic heterocycles. The van der Waals surface area contributed by atoms with E-state index in [1.807, 2.05) is 35.4 Å². The van der Waals surface area contributed by atoms with E-state index in [1.165, 1.54) is 0 Å². The second-order valence-corrected chi connectivity index (χ2v) is 7.63. The van der Waals surface area contributed by atoms with Gasteiger partial charge in [0.25, 0.3) is 0 Å². The Morgan fingerprint density at radius 2 is 2.04 bits per heavy atom. The largest absolute Gasteiger partial charge is 0.450 e. The predicted molar refractivity (Wildman–Crippen MR) is 103 cm³/mol. The molecule has 0 saturated carbocycles. The Bertz CT molecular complexity index is 624. The topological polar surface area (TPSA) is 53.1 Å². The number of piperazine rings is 1. The zero-order valence-electron chi connectivity index (χ0n) is 15.3. The van der Waals surface area contributed by atoms with Gasteiger partial charge in [-0.3, -0.25) is 9.69 Å². The standard InChI is InChI=1S/C19H27N3O3S/c1-2-25-19(24)21-12-10-20(11-13-21)16-5-3-9-22(15-16)18(23)8-7-17-6-4-14-26-17/h4,6-8,14,16H,2-3,5,9-13,15H2,1H3. The van der Waals surface area contributed by atoms with Crippen molar-refractivity contribution in [2.45, 2.75) is 25.8 Å². The number of nitrogens with zero attached hydrogens (tertiary/aromatic N) is 3. The van der Waals surface area contributed by atoms with Gasteiger partial charge in [0.15, 0.2) is 0 Å². The Hall–Kier alpha value is -1.86. The van der Waals surface area contributed by atoms with Crippen LogP contribution in [0.15, 0.2) is 23.6 Å². The minimum atomic E-state index is -0.216. The molecule has 2 fully saturated rings. The number of hydrogen-bond donors (Lipinski definition) is 0. The number of amides is 2. The van der Waals surface area contributed by atoms with Crippen LogP contribution in [0.1, 0.15) is 24.6 Å². The second-order valence-electron chi connectivity index (χ2n) is 6.65. The van der Waals surface area contributed by atoms with Crippen molar-refractivity contribution in [2.24, 2.45) is 0 Å². The fraction of sp³-hybridized carbons (Fsp3) is 0.579. The number of ether oxygens (including phenoxy) is 1. The molecule has 3 rings (SSSR count). The zero-order chi connectivity index (χ0) is 18.4. The Kier molecular flexibility index (Phi) is 6.68. The van der Waals surface area contributed by atoms with Crippen molar-refractivity contribution < 1.29 is 14.3 Å². The van der Waals surface area contributed by atoms with Gasteiger partial charge in [-0.15, -0.1) is 11.3 Å². The number of carbonyl (C=O) groups is 2. The lowest BCUT2D eigenvalue weighted by Gasteiger charge is -2.42. The van der Waals surface area contributed by atoms with Crippen molar-refractivity contribution in [1.82, 2.24) is 14.7 Å². The average Bonchev–Trinajstić information content (AvgIpc) is 3.20. The molecule has 0 spiro atoms. The van der Waals surface area contributed by atoms with Crippen LogP contribution in [0.25, 0.3) is 6.08 Å². The number of carbonyl (C=O) groups excluding carboxylic acids is 2. The van der Waals surface area contributed by atoms with Gasteiger partial charge < -0.3 is 14.5 Å². The Morgan fingerprint density at radius 3 is 2.73 bits per heavy atom. The summed E-state index contributed by atoms with van der Waals surface area (Å²) in [6, 6.07) is 4.38. The van der Waals surface area contributed by atoms with Crippen LogP contribution in [-0.4, -0.2) is 78.6 Å². The molecule has 142 valence electrons. The van der Waals surface area contributed by atoms with E-state index < -0.39 is 0 Å². The molecule has 6 nitrogen and oxygen atoms in total. The van der Waals surface area contributed by atoms with Gasteiger partial charge in [-0.25, -0.2) is 4.79 Å². The van der Waals surface area contributed by atoms with E-state index in [2.05, 4.69) is 4.90 Å². The molecule has 1 aromatic rings. The first-order valence-electron chi connectivity index (χ1n) is 9.33. The molecule has 1 unspecified atom stereocenters. The maximum Gasteiger partial charge on any atom is 0.409 e. The number of thiophene rings is 1. The first-order valence-corrected chi connectivity index (χ1v) is 10.2. The van der Waals surface area contributed by atoms with Crippen molar-refractivity contribution in [3.05, 3.63) is 28.5 Å². The van der Waals surface area contributed by atoms with E-state index in [4.69, 9.17) is 4.74 Å². The van der Waals surface area contributed by atoms with Gasteiger partial charge in [0.05, 0.1) is 6.61 Å². The summed E-state index contributed by atoms with van der Waals surface area (Å²) in [5.74, 6) is 0.0910. The van der Waals surface area contributed by atoms with E-state index in [0.717, 1.165) is 43.9 Å². The monoisotopic (exact) mass is 377 g/mol. The molecule has 0 radical (unpaired) electrons. The Labute approximate surface area is 159 Å². The molecule has 3 heterocycles. The third-order valence-electron chi connectivity index (χ3n) is 5.00. The third-order valence-corrected chi connectivity index (χ3v) is 5.84. The smallest absolute Gasteiger partial charge is 0.409 e. The molecular weight excluding hydrogens is 350 g/mol. The number of piperidine rings is 1. The van der Waals surface area contributed by atoms with Crippen molar-refractivity contribution in [3.8, 4) is 0 Å². The highest BCUT2D eigenvalue weighted by molar-refractivity contribution is 7.10. The van der Waals surface area contributed by atoms with E-state index in [0.29, 0.717) is 25.7 Å². The highest BCUT2D eigenvalue weighted by Crippen LogP contribution is 2.19. The van der Waals surface area contributed by atoms with Crippen LogP contribution in [0, 0.1) is 0 Å². The first kappa shape index (κ1) is 18.9. The highest BCUT2D eigenvalue weighted by atomic mass is 32.1. The second kappa shape index (κ2) is 9.19. The molecular formula is C19H27N3O3S. The quantitative estimate of drug-likeness (QED) is 0.757. The van der Waals surface area contributed by atoms with Gasteiger partial charge in [-0.1, -0.05) is 6.07 Å². The molecule has 26 heavy (non-hydrogen) atoms. The predicted octanol–water partition coefficient (Wildman–Crippen LogP) is 2.53. The summed E-state index contributed by atoms with van der Waals surface area (Å²) in [5, 5.41) is 2.01. The summed E-state index contributed by atoms with van der Waals surface area (Å²) in [6.07, 6.45) is 5.51. The van der Waals surface area contributed by atoms with Gasteiger partial charge in [-0.05, 0) is 37.3 Å². The Morgan fingerprint density at radius 1 is 1.23 bits per heavy atom. The number of rotatable bonds is 4. The molecule has 0 aromatic carbocycles. The maximum atomic E-state index is 12.5. The molecule has 0 bridgehead atoms. The van der Waals surface area contributed by atoms with Gasteiger partial charge in [-0.2, -0.15) is 0 Å². The molecule has 1 atom stereocenters. The van der Waals surface area contributed by atoms with Crippen LogP contribution < -0.4 is 0 Å². The normalized spacial score (nSPS) is 22.0. The summed E-state index contributed by atoms with van der Waals surface area (Å²) in [4.78, 5) is 31.5. The average molecular weight is 378 g/mol. The minimum absolute atomic E-state index is 0.0910. The van der Waals surface area contributed by atoms with Gasteiger partial charge in [0, 0.05) is 56.3 Å². The fourth-order valence-corrected chi connectivity index (χ4v) is 4.20. The highest BCUT2D eigenvalue weighted by Gasteiger charge is 2.30. The summed E-state index contributed by atoms with van der Waals surface area (Å²) in [6.45, 7) is 6.92. The van der Waals surface area contributed by atoms with Crippen LogP contribution in [0.2, 0.25) is 0 Å². The summed E-state index contributed by atoms with van der Waals surface area (Å²) in [7, 11) is 0. The molecule has 2 aliphatic heterocycles. The van der Waals surface area contributed by atoms with Gasteiger partial charge in [0.1, 0.15) is 0 Å². The summed E-state index contributed by atoms with van der Waals surface area (Å²) >= 11 is 1.63. The molecule has 2 amide bonds. The number of hydrogen-bond acceptors (Lipinski definition) is 5. The van der Waals surface area contributed by atoms with Crippen molar-refractivity contribution in [2.75, 3.05) is 45.9 Å². The van der Waals surface area contributed by atoms with E-state index in [9.17, 15) is 9.59 Å². The summed E-state index contributed by atoms with van der Waals surface area (Å²) in [5.41, 5.74) is 0. The van der Waals surface area contributed by atoms with E-state index in [-0.39, 0.29) is 12.0 Å². The molecule has 0 aliphatic carbocycles. The van der Waals surface area contributed by atoms with Crippen LogP contribution in [-0.2, 0) is 9.53 Å². The van der Waals surface area contributed by atoms with Crippen LogP contribution in [0.3, 0.4) is 0 Å². The van der Waals surface area contributed by atoms with Crippen molar-refractivity contribution in [1.29, 1.82) is 0 Å². The van der Waals surface area contributed by atoms with Crippen LogP contribution in [0.4, 0.5) is 4.79 Å². The third kappa shape index (κ3) is 4.86. The van der Waals surface area contributed by atoms with Crippen molar-refractivity contribution >= 4 is 29.4 Å². The van der Waals surface area contributed by atoms with Gasteiger partial charge >= 0.3 is 6.09 Å². The SMILES string of the molecule is CCOC(=O)N1CCN(C2CCCN(C(=O)C=Cc3cccs3)C2)CC1. The first-order chi connectivity index (χ1) is 12.7. The fourth-order valence-electron chi connectivity index (χ4n) is 3.58. The molecule has 7 heteroatoms. The molecule has 0 N–H and O–H groups in total. The number of likely N-dealkylation sites (tertiary alicyclic amines) is 1. The Balaban J connectivity index is 1.49. The van der Waals surface area contributed by atoms with Crippen LogP contribution in [0.5, 0.6) is 0 Å². The lowest BCUT2D eigenvalue weighted by atomic mass is 10.0. The van der Waals surface area contributed by atoms with Gasteiger partial charge in [0.2, 0.25) is 5.91 Å². The maximum absolute atomic E-state index is 12.5. The van der Waals surface area contributed by atoms with Crippen molar-refractivity contribution in [3.63, 3.8) is 0 Å².